The maximum atomic E-state index is 13.0. The summed E-state index contributed by atoms with van der Waals surface area (Å²) in [5, 5.41) is 0. The third-order valence-corrected chi connectivity index (χ3v) is 18.7. The molecule has 3 rings (SSSR count). The van der Waals surface area contributed by atoms with Crippen LogP contribution in [0.4, 0.5) is 0 Å². The molecule has 1 aliphatic heterocycles. The molecule has 2 fully saturated rings. The second-order valence-electron chi connectivity index (χ2n) is 12.4. The molecule has 10 nitrogen and oxygen atoms in total. The van der Waals surface area contributed by atoms with Crippen molar-refractivity contribution in [3.63, 3.8) is 0 Å². The summed E-state index contributed by atoms with van der Waals surface area (Å²) in [5.41, 5.74) is -1.68. The first-order valence-corrected chi connectivity index (χ1v) is 22.7. The van der Waals surface area contributed by atoms with Crippen molar-refractivity contribution >= 4 is 25.4 Å². The summed E-state index contributed by atoms with van der Waals surface area (Å²) in [7, 11) is -3.96. The fraction of sp³-hybridized carbons (Fsp3) is 0.880. The standard InChI is InChI=1S/C25H49N3O7Si3/c1-9-10-15-27-23(29)26(2)24(30)28(25(27)31)16-11-17-37(7,32-3)35-38(8,34-36(4,5)6)18-14-20-12-13-21-22(19-20)33-21/h20-22H,9-19H2,1-8H3. The molecule has 218 valence electrons. The Bertz CT molecular complexity index is 1130. The van der Waals surface area contributed by atoms with Crippen LogP contribution in [-0.2, 0) is 37.5 Å². The van der Waals surface area contributed by atoms with E-state index in [1.807, 2.05) is 6.92 Å². The van der Waals surface area contributed by atoms with Crippen molar-refractivity contribution in [1.29, 1.82) is 0 Å². The van der Waals surface area contributed by atoms with Crippen molar-refractivity contribution < 1.29 is 17.4 Å². The van der Waals surface area contributed by atoms with E-state index in [4.69, 9.17) is 17.4 Å². The van der Waals surface area contributed by atoms with Crippen LogP contribution in [-0.4, -0.2) is 58.5 Å². The van der Waals surface area contributed by atoms with Crippen LogP contribution >= 0.6 is 0 Å². The predicted octanol–water partition coefficient (Wildman–Crippen LogP) is 3.52. The van der Waals surface area contributed by atoms with Gasteiger partial charge < -0.3 is 17.4 Å². The number of hydrogen-bond donors (Lipinski definition) is 0. The molecule has 0 N–H and O–H groups in total. The zero-order chi connectivity index (χ0) is 28.3. The highest BCUT2D eigenvalue weighted by Crippen LogP contribution is 2.42. The summed E-state index contributed by atoms with van der Waals surface area (Å²) in [5.74, 6) is 0.654. The average Bonchev–Trinajstić information content (AvgIpc) is 3.61. The highest BCUT2D eigenvalue weighted by Gasteiger charge is 2.47. The third kappa shape index (κ3) is 8.21. The molecule has 1 saturated heterocycles. The molecule has 1 aliphatic carbocycles. The van der Waals surface area contributed by atoms with Crippen molar-refractivity contribution in [2.75, 3.05) is 7.11 Å². The molecule has 0 radical (unpaired) electrons. The number of ether oxygens (including phenoxy) is 1. The Hall–Kier alpha value is -1.10. The summed E-state index contributed by atoms with van der Waals surface area (Å²) < 4.78 is 28.8. The highest BCUT2D eigenvalue weighted by molar-refractivity contribution is 6.86. The first kappa shape index (κ1) is 31.4. The fourth-order valence-electron chi connectivity index (χ4n) is 5.65. The van der Waals surface area contributed by atoms with Crippen LogP contribution in [0.15, 0.2) is 14.4 Å². The quantitative estimate of drug-likeness (QED) is 0.228. The molecule has 5 atom stereocenters. The van der Waals surface area contributed by atoms with E-state index in [0.717, 1.165) is 29.9 Å². The van der Waals surface area contributed by atoms with Gasteiger partial charge in [-0.1, -0.05) is 13.3 Å². The molecule has 0 amide bonds. The smallest absolute Gasteiger partial charge is 0.336 e. The Morgan fingerprint density at radius 3 is 2.03 bits per heavy atom. The van der Waals surface area contributed by atoms with Crippen LogP contribution in [0.1, 0.15) is 51.9 Å². The van der Waals surface area contributed by atoms with Gasteiger partial charge in [0.1, 0.15) is 0 Å². The highest BCUT2D eigenvalue weighted by atomic mass is 28.5. The summed E-state index contributed by atoms with van der Waals surface area (Å²) in [6.07, 6.45) is 7.66. The molecule has 1 aromatic rings. The van der Waals surface area contributed by atoms with Gasteiger partial charge >= 0.3 is 34.2 Å². The molecule has 38 heavy (non-hydrogen) atoms. The Labute approximate surface area is 229 Å². The topological polar surface area (TPSA) is 106 Å². The molecule has 13 heteroatoms. The van der Waals surface area contributed by atoms with Crippen LogP contribution in [0.25, 0.3) is 0 Å². The van der Waals surface area contributed by atoms with Crippen LogP contribution in [0, 0.1) is 5.92 Å². The van der Waals surface area contributed by atoms with Gasteiger partial charge in [-0.2, -0.15) is 0 Å². The van der Waals surface area contributed by atoms with E-state index < -0.39 is 42.5 Å². The number of rotatable bonds is 15. The van der Waals surface area contributed by atoms with Crippen LogP contribution in [0.3, 0.4) is 0 Å². The molecular weight excluding hydrogens is 539 g/mol. The van der Waals surface area contributed by atoms with Crippen LogP contribution in [0.5, 0.6) is 0 Å². The molecule has 0 bridgehead atoms. The minimum absolute atomic E-state index is 0.213. The van der Waals surface area contributed by atoms with Crippen molar-refractivity contribution in [3.05, 3.63) is 31.5 Å². The van der Waals surface area contributed by atoms with Gasteiger partial charge in [-0.25, -0.2) is 28.1 Å². The SMILES string of the molecule is CCCCn1c(=O)n(C)c(=O)n(CCC[Si](C)(OC)O[Si](C)(CCC2CCC3OC3C2)O[Si](C)(C)C)c1=O. The van der Waals surface area contributed by atoms with Gasteiger partial charge in [-0.3, -0.25) is 0 Å². The first-order valence-electron chi connectivity index (χ1n) is 14.2. The van der Waals surface area contributed by atoms with E-state index in [0.29, 0.717) is 43.6 Å². The first-order chi connectivity index (χ1) is 17.7. The summed E-state index contributed by atoms with van der Waals surface area (Å²) in [6.45, 7) is 13.4. The van der Waals surface area contributed by atoms with Gasteiger partial charge in [0.2, 0.25) is 0 Å². The zero-order valence-electron chi connectivity index (χ0n) is 24.7. The molecule has 1 saturated carbocycles. The van der Waals surface area contributed by atoms with E-state index in [9.17, 15) is 14.4 Å². The van der Waals surface area contributed by atoms with Gasteiger partial charge in [0, 0.05) is 27.2 Å². The predicted molar refractivity (Wildman–Crippen MR) is 156 cm³/mol. The lowest BCUT2D eigenvalue weighted by Crippen LogP contribution is -2.56. The second kappa shape index (κ2) is 12.6. The van der Waals surface area contributed by atoms with Gasteiger partial charge in [0.25, 0.3) is 0 Å². The Morgan fingerprint density at radius 1 is 0.842 bits per heavy atom. The van der Waals surface area contributed by atoms with Gasteiger partial charge in [-0.05, 0) is 89.3 Å². The molecular formula is C25H49N3O7Si3. The maximum Gasteiger partial charge on any atom is 0.336 e. The van der Waals surface area contributed by atoms with Crippen molar-refractivity contribution in [1.82, 2.24) is 13.7 Å². The molecule has 5 unspecified atom stereocenters. The minimum Gasteiger partial charge on any atom is -0.437 e. The molecule has 0 aromatic carbocycles. The van der Waals surface area contributed by atoms with Crippen LogP contribution < -0.4 is 17.1 Å². The molecule has 2 heterocycles. The fourth-order valence-corrected chi connectivity index (χ4v) is 18.5. The Balaban J connectivity index is 1.70. The number of hydrogen-bond acceptors (Lipinski definition) is 7. The number of unbranched alkanes of at least 4 members (excludes halogenated alkanes) is 1. The second-order valence-corrected chi connectivity index (χ2v) is 24.2. The van der Waals surface area contributed by atoms with Crippen LogP contribution in [0.2, 0.25) is 44.8 Å². The van der Waals surface area contributed by atoms with Crippen molar-refractivity contribution in [2.45, 2.75) is 122 Å². The molecule has 2 aliphatic rings. The van der Waals surface area contributed by atoms with Gasteiger partial charge in [0.05, 0.1) is 12.2 Å². The molecule has 1 aromatic heterocycles. The Kier molecular flexibility index (Phi) is 10.4. The largest absolute Gasteiger partial charge is 0.437 e. The number of epoxide rings is 1. The van der Waals surface area contributed by atoms with Gasteiger partial charge in [-0.15, -0.1) is 0 Å². The van der Waals surface area contributed by atoms with E-state index in [1.165, 1.54) is 29.0 Å². The van der Waals surface area contributed by atoms with E-state index in [-0.39, 0.29) is 6.54 Å². The number of aromatic nitrogens is 3. The van der Waals surface area contributed by atoms with E-state index in [2.05, 4.69) is 32.7 Å². The lowest BCUT2D eigenvalue weighted by atomic mass is 9.88. The van der Waals surface area contributed by atoms with Crippen molar-refractivity contribution in [2.24, 2.45) is 13.0 Å². The maximum absolute atomic E-state index is 13.0. The monoisotopic (exact) mass is 587 g/mol. The average molecular weight is 588 g/mol. The summed E-state index contributed by atoms with van der Waals surface area (Å²) in [4.78, 5) is 38.2. The van der Waals surface area contributed by atoms with E-state index >= 15 is 0 Å². The zero-order valence-corrected chi connectivity index (χ0v) is 27.7. The van der Waals surface area contributed by atoms with E-state index in [1.54, 1.807) is 7.11 Å². The molecule has 0 spiro atoms. The Morgan fingerprint density at radius 2 is 1.47 bits per heavy atom. The lowest BCUT2D eigenvalue weighted by Gasteiger charge is -2.40. The number of fused-ring (bicyclic) bond motifs is 1. The lowest BCUT2D eigenvalue weighted by molar-refractivity contribution is 0.261. The third-order valence-electron chi connectivity index (χ3n) is 7.75. The summed E-state index contributed by atoms with van der Waals surface area (Å²) in [6, 6.07) is 1.54. The number of nitrogens with zero attached hydrogens (tertiary/aromatic N) is 3. The van der Waals surface area contributed by atoms with Gasteiger partial charge in [0.15, 0.2) is 8.32 Å². The normalized spacial score (nSPS) is 24.5. The van der Waals surface area contributed by atoms with Crippen molar-refractivity contribution in [3.8, 4) is 0 Å². The minimum atomic E-state index is -2.66. The summed E-state index contributed by atoms with van der Waals surface area (Å²) >= 11 is 0.